The number of likely N-dealkylation sites (tertiary alicyclic amines) is 1. The molecule has 0 N–H and O–H groups in total. The van der Waals surface area contributed by atoms with Crippen molar-refractivity contribution in [3.8, 4) is 0 Å². The van der Waals surface area contributed by atoms with E-state index in [1.165, 1.54) is 18.9 Å². The Bertz CT molecular complexity index is 446. The molecule has 1 heterocycles. The maximum absolute atomic E-state index is 13.5. The first kappa shape index (κ1) is 14.2. The van der Waals surface area contributed by atoms with Crippen LogP contribution in [0.1, 0.15) is 43.5 Å². The van der Waals surface area contributed by atoms with Crippen molar-refractivity contribution in [1.82, 2.24) is 4.90 Å². The number of carbonyl (C=O) groups excluding carboxylic acids is 1. The van der Waals surface area contributed by atoms with Gasteiger partial charge in [0.1, 0.15) is 5.82 Å². The standard InChI is InChI=1S/C16H22FNO/c1-12-7-8-13(2)18(11-12)10-9-16(19)14-5-3-4-6-15(14)17/h3-6,12-13H,7-11H2,1-2H3. The third-order valence-electron chi connectivity index (χ3n) is 4.05. The minimum Gasteiger partial charge on any atom is -0.300 e. The predicted octanol–water partition coefficient (Wildman–Crippen LogP) is 3.52. The Balaban J connectivity index is 1.91. The highest BCUT2D eigenvalue weighted by Gasteiger charge is 2.23. The van der Waals surface area contributed by atoms with Gasteiger partial charge in [-0.2, -0.15) is 0 Å². The molecule has 0 radical (unpaired) electrons. The van der Waals surface area contributed by atoms with Crippen molar-refractivity contribution < 1.29 is 9.18 Å². The Kier molecular flexibility index (Phi) is 4.70. The first-order valence-electron chi connectivity index (χ1n) is 7.09. The molecule has 0 aliphatic carbocycles. The molecule has 0 bridgehead atoms. The largest absolute Gasteiger partial charge is 0.300 e. The minimum absolute atomic E-state index is 0.0940. The molecule has 0 amide bonds. The van der Waals surface area contributed by atoms with Gasteiger partial charge in [0.05, 0.1) is 5.56 Å². The van der Waals surface area contributed by atoms with Gasteiger partial charge in [-0.1, -0.05) is 19.1 Å². The van der Waals surface area contributed by atoms with Gasteiger partial charge < -0.3 is 0 Å². The van der Waals surface area contributed by atoms with Gasteiger partial charge in [0.25, 0.3) is 0 Å². The van der Waals surface area contributed by atoms with Crippen molar-refractivity contribution in [2.45, 2.75) is 39.2 Å². The summed E-state index contributed by atoms with van der Waals surface area (Å²) in [6, 6.07) is 6.77. The van der Waals surface area contributed by atoms with Crippen LogP contribution in [0.5, 0.6) is 0 Å². The summed E-state index contributed by atoms with van der Waals surface area (Å²) in [5.41, 5.74) is 0.222. The van der Waals surface area contributed by atoms with Crippen molar-refractivity contribution in [3.63, 3.8) is 0 Å². The van der Waals surface area contributed by atoms with Gasteiger partial charge in [0.2, 0.25) is 0 Å². The molecule has 1 fully saturated rings. The predicted molar refractivity (Wildman–Crippen MR) is 74.8 cm³/mol. The van der Waals surface area contributed by atoms with E-state index in [2.05, 4.69) is 18.7 Å². The molecule has 1 aliphatic heterocycles. The number of Topliss-reactive ketones (excluding diaryl/α,β-unsaturated/α-hetero) is 1. The summed E-state index contributed by atoms with van der Waals surface area (Å²) in [4.78, 5) is 14.4. The van der Waals surface area contributed by atoms with Crippen LogP contribution in [0.3, 0.4) is 0 Å². The number of hydrogen-bond acceptors (Lipinski definition) is 2. The molecule has 2 rings (SSSR count). The van der Waals surface area contributed by atoms with E-state index in [1.54, 1.807) is 18.2 Å². The Morgan fingerprint density at radius 2 is 2.05 bits per heavy atom. The van der Waals surface area contributed by atoms with Gasteiger partial charge in [-0.25, -0.2) is 4.39 Å². The van der Waals surface area contributed by atoms with E-state index >= 15 is 0 Å². The van der Waals surface area contributed by atoms with Gasteiger partial charge in [-0.05, 0) is 37.8 Å². The van der Waals surface area contributed by atoms with Gasteiger partial charge in [-0.3, -0.25) is 9.69 Å². The van der Waals surface area contributed by atoms with Crippen LogP contribution in [-0.4, -0.2) is 29.8 Å². The van der Waals surface area contributed by atoms with Crippen molar-refractivity contribution in [1.29, 1.82) is 0 Å². The summed E-state index contributed by atoms with van der Waals surface area (Å²) in [6.45, 7) is 6.24. The molecule has 2 atom stereocenters. The van der Waals surface area contributed by atoms with Crippen LogP contribution in [-0.2, 0) is 0 Å². The van der Waals surface area contributed by atoms with E-state index in [-0.39, 0.29) is 11.3 Å². The third kappa shape index (κ3) is 3.63. The van der Waals surface area contributed by atoms with E-state index in [9.17, 15) is 9.18 Å². The summed E-state index contributed by atoms with van der Waals surface area (Å²) in [5, 5.41) is 0. The van der Waals surface area contributed by atoms with Crippen LogP contribution in [0.4, 0.5) is 4.39 Å². The Labute approximate surface area is 114 Å². The molecule has 1 saturated heterocycles. The second-order valence-electron chi connectivity index (χ2n) is 5.68. The number of ketones is 1. The highest BCUT2D eigenvalue weighted by Crippen LogP contribution is 2.21. The Hall–Kier alpha value is -1.22. The van der Waals surface area contributed by atoms with Crippen LogP contribution in [0.15, 0.2) is 24.3 Å². The molecular weight excluding hydrogens is 241 g/mol. The number of halogens is 1. The van der Waals surface area contributed by atoms with Gasteiger partial charge in [-0.15, -0.1) is 0 Å². The molecule has 104 valence electrons. The quantitative estimate of drug-likeness (QED) is 0.775. The van der Waals surface area contributed by atoms with Crippen LogP contribution in [0, 0.1) is 11.7 Å². The molecule has 0 saturated carbocycles. The lowest BCUT2D eigenvalue weighted by atomic mass is 9.94. The highest BCUT2D eigenvalue weighted by molar-refractivity contribution is 5.96. The molecule has 1 aliphatic rings. The van der Waals surface area contributed by atoms with Crippen molar-refractivity contribution in [2.24, 2.45) is 5.92 Å². The Morgan fingerprint density at radius 3 is 2.79 bits per heavy atom. The lowest BCUT2D eigenvalue weighted by Gasteiger charge is -2.36. The molecule has 0 aromatic heterocycles. The topological polar surface area (TPSA) is 20.3 Å². The smallest absolute Gasteiger partial charge is 0.167 e. The third-order valence-corrected chi connectivity index (χ3v) is 4.05. The average molecular weight is 263 g/mol. The molecule has 1 aromatic carbocycles. The fourth-order valence-electron chi connectivity index (χ4n) is 2.76. The molecular formula is C16H22FNO. The normalized spacial score (nSPS) is 24.4. The molecule has 1 aromatic rings. The van der Waals surface area contributed by atoms with Crippen molar-refractivity contribution >= 4 is 5.78 Å². The number of benzene rings is 1. The van der Waals surface area contributed by atoms with Gasteiger partial charge in [0, 0.05) is 25.6 Å². The second kappa shape index (κ2) is 6.29. The molecule has 3 heteroatoms. The Morgan fingerprint density at radius 1 is 1.32 bits per heavy atom. The van der Waals surface area contributed by atoms with E-state index in [1.807, 2.05) is 0 Å². The maximum Gasteiger partial charge on any atom is 0.167 e. The minimum atomic E-state index is -0.410. The van der Waals surface area contributed by atoms with E-state index in [0.29, 0.717) is 18.4 Å². The zero-order chi connectivity index (χ0) is 13.8. The van der Waals surface area contributed by atoms with E-state index in [0.717, 1.165) is 13.1 Å². The summed E-state index contributed by atoms with van der Waals surface area (Å²) < 4.78 is 13.5. The summed E-state index contributed by atoms with van der Waals surface area (Å²) >= 11 is 0. The van der Waals surface area contributed by atoms with Crippen molar-refractivity contribution in [3.05, 3.63) is 35.6 Å². The van der Waals surface area contributed by atoms with Crippen molar-refractivity contribution in [2.75, 3.05) is 13.1 Å². The van der Waals surface area contributed by atoms with E-state index in [4.69, 9.17) is 0 Å². The molecule has 19 heavy (non-hydrogen) atoms. The molecule has 0 spiro atoms. The highest BCUT2D eigenvalue weighted by atomic mass is 19.1. The first-order valence-corrected chi connectivity index (χ1v) is 7.09. The SMILES string of the molecule is CC1CCC(C)N(CCC(=O)c2ccccc2F)C1. The second-order valence-corrected chi connectivity index (χ2v) is 5.68. The van der Waals surface area contributed by atoms with Gasteiger partial charge >= 0.3 is 0 Å². The first-order chi connectivity index (χ1) is 9.08. The average Bonchev–Trinajstić information content (AvgIpc) is 2.40. The fraction of sp³-hybridized carbons (Fsp3) is 0.562. The van der Waals surface area contributed by atoms with Crippen LogP contribution in [0.2, 0.25) is 0 Å². The van der Waals surface area contributed by atoms with E-state index < -0.39 is 5.82 Å². The number of rotatable bonds is 4. The number of hydrogen-bond donors (Lipinski definition) is 0. The monoisotopic (exact) mass is 263 g/mol. The maximum atomic E-state index is 13.5. The fourth-order valence-corrected chi connectivity index (χ4v) is 2.76. The van der Waals surface area contributed by atoms with Gasteiger partial charge in [0.15, 0.2) is 5.78 Å². The summed E-state index contributed by atoms with van der Waals surface area (Å²) in [6.07, 6.45) is 2.85. The van der Waals surface area contributed by atoms with Crippen LogP contribution >= 0.6 is 0 Å². The van der Waals surface area contributed by atoms with Crippen LogP contribution < -0.4 is 0 Å². The van der Waals surface area contributed by atoms with Crippen LogP contribution in [0.25, 0.3) is 0 Å². The number of carbonyl (C=O) groups is 1. The summed E-state index contributed by atoms with van der Waals surface area (Å²) in [7, 11) is 0. The molecule has 2 nitrogen and oxygen atoms in total. The number of nitrogens with zero attached hydrogens (tertiary/aromatic N) is 1. The zero-order valence-electron chi connectivity index (χ0n) is 11.7. The molecule has 2 unspecified atom stereocenters. The lowest BCUT2D eigenvalue weighted by molar-refractivity contribution is 0.0896. The lowest BCUT2D eigenvalue weighted by Crippen LogP contribution is -2.42. The number of piperidine rings is 1. The zero-order valence-corrected chi connectivity index (χ0v) is 11.7. The summed E-state index contributed by atoms with van der Waals surface area (Å²) in [5.74, 6) is 0.191.